The van der Waals surface area contributed by atoms with Crippen molar-refractivity contribution in [2.75, 3.05) is 0 Å². The number of benzene rings is 2. The van der Waals surface area contributed by atoms with Crippen LogP contribution in [-0.2, 0) is 20.8 Å². The number of nitrogens with one attached hydrogen (secondary N) is 1. The van der Waals surface area contributed by atoms with Crippen LogP contribution in [0.3, 0.4) is 0 Å². The fraction of sp³-hybridized carbons (Fsp3) is 0.261. The van der Waals surface area contributed by atoms with Gasteiger partial charge >= 0.3 is 5.97 Å². The summed E-state index contributed by atoms with van der Waals surface area (Å²) in [6.45, 7) is 0. The van der Waals surface area contributed by atoms with Gasteiger partial charge in [-0.3, -0.25) is 19.2 Å². The number of carbonyl (C=O) groups excluding carboxylic acids is 4. The largest absolute Gasteiger partial charge is 0.481 e. The van der Waals surface area contributed by atoms with E-state index in [9.17, 15) is 29.1 Å². The van der Waals surface area contributed by atoms with E-state index in [2.05, 4.69) is 5.32 Å². The molecule has 0 spiro atoms. The number of rotatable bonds is 10. The van der Waals surface area contributed by atoms with Crippen molar-refractivity contribution in [3.63, 3.8) is 0 Å². The Bertz CT molecular complexity index is 985. The molecule has 1 aliphatic rings. The van der Waals surface area contributed by atoms with Gasteiger partial charge in [0, 0.05) is 12.8 Å². The Morgan fingerprint density at radius 3 is 2.10 bits per heavy atom. The lowest BCUT2D eigenvalue weighted by molar-refractivity contribution is -0.141. The Hall–Kier alpha value is -3.81. The highest BCUT2D eigenvalue weighted by Crippen LogP contribution is 2.33. The zero-order valence-electron chi connectivity index (χ0n) is 16.7. The van der Waals surface area contributed by atoms with Crippen molar-refractivity contribution in [3.05, 3.63) is 71.3 Å². The number of aliphatic carboxylic acids is 1. The van der Waals surface area contributed by atoms with Gasteiger partial charge in [0.25, 0.3) is 11.8 Å². The predicted molar refractivity (Wildman–Crippen MR) is 110 cm³/mol. The van der Waals surface area contributed by atoms with Crippen molar-refractivity contribution in [3.8, 4) is 0 Å². The molecule has 3 amide bonds. The molecule has 1 atom stereocenters. The van der Waals surface area contributed by atoms with Crippen LogP contribution in [0.5, 0.6) is 0 Å². The third-order valence-corrected chi connectivity index (χ3v) is 5.20. The number of nitrogens with zero attached hydrogens (tertiary/aromatic N) is 1. The van der Waals surface area contributed by atoms with Crippen LogP contribution in [0, 0.1) is 0 Å². The van der Waals surface area contributed by atoms with Crippen LogP contribution < -0.4 is 5.32 Å². The lowest BCUT2D eigenvalue weighted by Gasteiger charge is -2.40. The number of hydrogen-bond donors (Lipinski definition) is 2. The van der Waals surface area contributed by atoms with E-state index in [4.69, 9.17) is 0 Å². The van der Waals surface area contributed by atoms with E-state index in [1.165, 1.54) is 12.1 Å². The van der Waals surface area contributed by atoms with Gasteiger partial charge in [-0.15, -0.1) is 0 Å². The van der Waals surface area contributed by atoms with E-state index in [-0.39, 0.29) is 30.4 Å². The lowest BCUT2D eigenvalue weighted by atomic mass is 9.96. The van der Waals surface area contributed by atoms with Crippen molar-refractivity contribution >= 4 is 30.0 Å². The number of imide groups is 1. The number of carbonyl (C=O) groups is 5. The Morgan fingerprint density at radius 1 is 0.968 bits per heavy atom. The maximum atomic E-state index is 13.0. The number of aldehydes is 1. The molecule has 0 saturated carbocycles. The van der Waals surface area contributed by atoms with Gasteiger partial charge in [0.2, 0.25) is 5.91 Å². The standard InChI is InChI=1S/C23H22N2O6/c26-14-6-13-23(15-20(28)29,24-19(27)12-11-16-7-2-1-3-8-16)25-21(30)17-9-4-5-10-18(17)22(25)31/h1-5,7-10,14H,6,11-13,15H2,(H,24,27)(H,28,29)/t23-/m0/s1. The summed E-state index contributed by atoms with van der Waals surface area (Å²) in [6, 6.07) is 15.4. The van der Waals surface area contributed by atoms with Gasteiger partial charge in [0.1, 0.15) is 11.9 Å². The fourth-order valence-corrected chi connectivity index (χ4v) is 3.79. The predicted octanol–water partition coefficient (Wildman–Crippen LogP) is 2.18. The van der Waals surface area contributed by atoms with Gasteiger partial charge < -0.3 is 15.2 Å². The van der Waals surface area contributed by atoms with Crippen LogP contribution in [0.25, 0.3) is 0 Å². The topological polar surface area (TPSA) is 121 Å². The quantitative estimate of drug-likeness (QED) is 0.447. The van der Waals surface area contributed by atoms with Crippen molar-refractivity contribution in [2.45, 2.75) is 37.8 Å². The summed E-state index contributed by atoms with van der Waals surface area (Å²) in [4.78, 5) is 62.4. The number of hydrogen-bond acceptors (Lipinski definition) is 5. The van der Waals surface area contributed by atoms with E-state index in [1.807, 2.05) is 30.3 Å². The molecule has 0 radical (unpaired) electrons. The summed E-state index contributed by atoms with van der Waals surface area (Å²) in [7, 11) is 0. The van der Waals surface area contributed by atoms with E-state index in [0.717, 1.165) is 10.5 Å². The molecule has 0 unspecified atom stereocenters. The molecule has 2 aromatic carbocycles. The van der Waals surface area contributed by atoms with Gasteiger partial charge in [0.05, 0.1) is 17.5 Å². The highest BCUT2D eigenvalue weighted by Gasteiger charge is 2.50. The molecule has 8 heteroatoms. The highest BCUT2D eigenvalue weighted by molar-refractivity contribution is 6.22. The van der Waals surface area contributed by atoms with Gasteiger partial charge in [-0.1, -0.05) is 42.5 Å². The maximum Gasteiger partial charge on any atom is 0.307 e. The van der Waals surface area contributed by atoms with Crippen molar-refractivity contribution < 1.29 is 29.1 Å². The fourth-order valence-electron chi connectivity index (χ4n) is 3.79. The van der Waals surface area contributed by atoms with Crippen molar-refractivity contribution in [2.24, 2.45) is 0 Å². The summed E-state index contributed by atoms with van der Waals surface area (Å²) < 4.78 is 0. The SMILES string of the molecule is O=CCC[C@](CC(=O)O)(NC(=O)CCc1ccccc1)N1C(=O)c2ccccc2C1=O. The smallest absolute Gasteiger partial charge is 0.307 e. The van der Waals surface area contributed by atoms with Crippen LogP contribution in [0.1, 0.15) is 52.0 Å². The van der Waals surface area contributed by atoms with Crippen molar-refractivity contribution in [1.29, 1.82) is 0 Å². The molecule has 2 N–H and O–H groups in total. The summed E-state index contributed by atoms with van der Waals surface area (Å²) in [5, 5.41) is 12.1. The summed E-state index contributed by atoms with van der Waals surface area (Å²) in [5.41, 5.74) is -0.679. The van der Waals surface area contributed by atoms with E-state index >= 15 is 0 Å². The van der Waals surface area contributed by atoms with E-state index in [1.54, 1.807) is 12.1 Å². The van der Waals surface area contributed by atoms with Gasteiger partial charge in [0.15, 0.2) is 0 Å². The molecule has 160 valence electrons. The number of amides is 3. The molecule has 0 fully saturated rings. The third kappa shape index (κ3) is 4.69. The zero-order chi connectivity index (χ0) is 22.4. The monoisotopic (exact) mass is 422 g/mol. The Morgan fingerprint density at radius 2 is 1.55 bits per heavy atom. The molecule has 0 saturated heterocycles. The molecule has 0 aromatic heterocycles. The molecular formula is C23H22N2O6. The molecule has 2 aromatic rings. The second-order valence-corrected chi connectivity index (χ2v) is 7.33. The lowest BCUT2D eigenvalue weighted by Crippen LogP contribution is -2.63. The molecular weight excluding hydrogens is 400 g/mol. The average Bonchev–Trinajstić information content (AvgIpc) is 3.02. The first-order chi connectivity index (χ1) is 14.9. The summed E-state index contributed by atoms with van der Waals surface area (Å²) >= 11 is 0. The van der Waals surface area contributed by atoms with Crippen LogP contribution in [0.4, 0.5) is 0 Å². The number of aryl methyl sites for hydroxylation is 1. The average molecular weight is 422 g/mol. The van der Waals surface area contributed by atoms with Crippen LogP contribution in [0.15, 0.2) is 54.6 Å². The molecule has 8 nitrogen and oxygen atoms in total. The first-order valence-electron chi connectivity index (χ1n) is 9.86. The second kappa shape index (κ2) is 9.34. The molecule has 0 aliphatic carbocycles. The number of carboxylic acids is 1. The minimum Gasteiger partial charge on any atom is -0.481 e. The van der Waals surface area contributed by atoms with Crippen LogP contribution >= 0.6 is 0 Å². The maximum absolute atomic E-state index is 13.0. The van der Waals surface area contributed by atoms with E-state index < -0.39 is 35.8 Å². The first kappa shape index (κ1) is 21.9. The number of fused-ring (bicyclic) bond motifs is 1. The molecule has 1 heterocycles. The number of carboxylic acid groups (broad SMARTS) is 1. The van der Waals surface area contributed by atoms with Crippen molar-refractivity contribution in [1.82, 2.24) is 10.2 Å². The third-order valence-electron chi connectivity index (χ3n) is 5.20. The Kier molecular flexibility index (Phi) is 6.59. The van der Waals surface area contributed by atoms with E-state index in [0.29, 0.717) is 12.7 Å². The van der Waals surface area contributed by atoms with Crippen LogP contribution in [-0.4, -0.2) is 45.6 Å². The molecule has 1 aliphatic heterocycles. The zero-order valence-corrected chi connectivity index (χ0v) is 16.7. The molecule has 0 bridgehead atoms. The Balaban J connectivity index is 1.92. The first-order valence-corrected chi connectivity index (χ1v) is 9.86. The normalized spacial score (nSPS) is 14.6. The van der Waals surface area contributed by atoms with Gasteiger partial charge in [-0.2, -0.15) is 0 Å². The second-order valence-electron chi connectivity index (χ2n) is 7.33. The summed E-state index contributed by atoms with van der Waals surface area (Å²) in [6.07, 6.45) is -0.0828. The summed E-state index contributed by atoms with van der Waals surface area (Å²) in [5.74, 6) is -3.23. The van der Waals surface area contributed by atoms with Crippen LogP contribution in [0.2, 0.25) is 0 Å². The molecule has 31 heavy (non-hydrogen) atoms. The highest BCUT2D eigenvalue weighted by atomic mass is 16.4. The van der Waals surface area contributed by atoms with Gasteiger partial charge in [-0.05, 0) is 30.5 Å². The minimum atomic E-state index is -1.85. The van der Waals surface area contributed by atoms with Gasteiger partial charge in [-0.25, -0.2) is 4.90 Å². The molecule has 3 rings (SSSR count). The minimum absolute atomic E-state index is 0.0235. The Labute approximate surface area is 178 Å².